The number of anilines is 2. The van der Waals surface area contributed by atoms with Gasteiger partial charge in [-0.2, -0.15) is 18.3 Å². The average Bonchev–Trinajstić information content (AvgIpc) is 3.24. The highest BCUT2D eigenvalue weighted by atomic mass is 19.4. The Morgan fingerprint density at radius 2 is 1.90 bits per heavy atom. The lowest BCUT2D eigenvalue weighted by Crippen LogP contribution is -2.40. The molecule has 10 heteroatoms. The Morgan fingerprint density at radius 3 is 2.63 bits per heavy atom. The van der Waals surface area contributed by atoms with Gasteiger partial charge in [-0.1, -0.05) is 18.2 Å². The fourth-order valence-electron chi connectivity index (χ4n) is 3.39. The summed E-state index contributed by atoms with van der Waals surface area (Å²) in [5, 5.41) is 6.18. The Kier molecular flexibility index (Phi) is 4.98. The van der Waals surface area contributed by atoms with Crippen LogP contribution in [0.1, 0.15) is 17.5 Å². The first-order chi connectivity index (χ1) is 14.3. The molecule has 1 N–H and O–H groups in total. The van der Waals surface area contributed by atoms with Crippen LogP contribution in [0.4, 0.5) is 24.5 Å². The third-order valence-corrected chi connectivity index (χ3v) is 4.74. The minimum Gasteiger partial charge on any atom is -0.325 e. The molecular weight excluding hydrogens is 399 g/mol. The lowest BCUT2D eigenvalue weighted by atomic mass is 10.0. The number of nitrogens with zero attached hydrogens (tertiary/aromatic N) is 4. The summed E-state index contributed by atoms with van der Waals surface area (Å²) in [5.41, 5.74) is 0.375. The van der Waals surface area contributed by atoms with Crippen LogP contribution in [0.15, 0.2) is 55.1 Å². The number of carbonyl (C=O) groups is 2. The number of amides is 2. The summed E-state index contributed by atoms with van der Waals surface area (Å²) in [5.74, 6) is -0.803. The van der Waals surface area contributed by atoms with E-state index >= 15 is 0 Å². The smallest absolute Gasteiger partial charge is 0.325 e. The molecule has 30 heavy (non-hydrogen) atoms. The molecule has 0 radical (unpaired) electrons. The fourth-order valence-corrected chi connectivity index (χ4v) is 3.39. The van der Waals surface area contributed by atoms with Gasteiger partial charge in [-0.3, -0.25) is 9.59 Å². The zero-order chi connectivity index (χ0) is 21.3. The lowest BCUT2D eigenvalue weighted by molar-refractivity contribution is -0.137. The van der Waals surface area contributed by atoms with E-state index in [0.29, 0.717) is 12.1 Å². The van der Waals surface area contributed by atoms with Crippen molar-refractivity contribution < 1.29 is 22.8 Å². The van der Waals surface area contributed by atoms with Crippen molar-refractivity contribution in [3.05, 3.63) is 66.2 Å². The molecule has 2 amide bonds. The molecule has 0 saturated heterocycles. The third-order valence-electron chi connectivity index (χ3n) is 4.74. The van der Waals surface area contributed by atoms with Gasteiger partial charge in [-0.25, -0.2) is 9.67 Å². The number of rotatable bonds is 4. The molecular formula is C20H16F3N5O2. The van der Waals surface area contributed by atoms with Gasteiger partial charge >= 0.3 is 6.18 Å². The molecule has 7 nitrogen and oxygen atoms in total. The van der Waals surface area contributed by atoms with Crippen molar-refractivity contribution >= 4 is 23.2 Å². The highest BCUT2D eigenvalue weighted by molar-refractivity contribution is 6.04. The molecule has 0 fully saturated rings. The van der Waals surface area contributed by atoms with E-state index in [0.717, 1.165) is 29.0 Å². The van der Waals surface area contributed by atoms with Gasteiger partial charge in [-0.15, -0.1) is 0 Å². The minimum atomic E-state index is -4.66. The Hall–Kier alpha value is -3.69. The second kappa shape index (κ2) is 7.62. The van der Waals surface area contributed by atoms with Crippen molar-refractivity contribution in [2.45, 2.75) is 19.0 Å². The Balaban J connectivity index is 1.56. The molecule has 0 bridgehead atoms. The van der Waals surface area contributed by atoms with Crippen LogP contribution in [0.5, 0.6) is 0 Å². The number of para-hydroxylation sites is 1. The number of aryl methyl sites for hydroxylation is 1. The molecule has 0 spiro atoms. The first-order valence-corrected chi connectivity index (χ1v) is 9.07. The van der Waals surface area contributed by atoms with Crippen molar-refractivity contribution in [2.75, 3.05) is 16.8 Å². The zero-order valence-corrected chi connectivity index (χ0v) is 15.6. The van der Waals surface area contributed by atoms with Crippen LogP contribution in [-0.4, -0.2) is 33.1 Å². The molecule has 1 aliphatic rings. The van der Waals surface area contributed by atoms with E-state index in [-0.39, 0.29) is 30.2 Å². The van der Waals surface area contributed by atoms with Gasteiger partial charge in [0.25, 0.3) is 0 Å². The van der Waals surface area contributed by atoms with Crippen molar-refractivity contribution in [3.8, 4) is 5.69 Å². The zero-order valence-electron chi connectivity index (χ0n) is 15.6. The predicted octanol–water partition coefficient (Wildman–Crippen LogP) is 3.20. The van der Waals surface area contributed by atoms with Gasteiger partial charge in [0.1, 0.15) is 19.2 Å². The van der Waals surface area contributed by atoms with Crippen molar-refractivity contribution in [2.24, 2.45) is 0 Å². The number of nitrogens with one attached hydrogen (secondary N) is 1. The number of carbonyl (C=O) groups excluding carboxylic acids is 2. The molecule has 2 heterocycles. The lowest BCUT2D eigenvalue weighted by Gasteiger charge is -2.28. The second-order valence-corrected chi connectivity index (χ2v) is 6.73. The van der Waals surface area contributed by atoms with Gasteiger partial charge in [0.2, 0.25) is 11.8 Å². The maximum absolute atomic E-state index is 13.5. The number of alkyl halides is 3. The Bertz CT molecular complexity index is 1100. The van der Waals surface area contributed by atoms with Crippen molar-refractivity contribution in [1.29, 1.82) is 0 Å². The highest BCUT2D eigenvalue weighted by Gasteiger charge is 2.35. The fraction of sp³-hybridized carbons (Fsp3) is 0.200. The number of hydrogen-bond acceptors (Lipinski definition) is 4. The summed E-state index contributed by atoms with van der Waals surface area (Å²) in [6.45, 7) is -0.290. The minimum absolute atomic E-state index is 0.0334. The van der Waals surface area contributed by atoms with Crippen molar-refractivity contribution in [3.63, 3.8) is 0 Å². The molecule has 2 aromatic carbocycles. The molecule has 1 aromatic heterocycles. The Morgan fingerprint density at radius 1 is 1.10 bits per heavy atom. The van der Waals surface area contributed by atoms with Gasteiger partial charge in [0.05, 0.1) is 11.3 Å². The standard InChI is InChI=1S/C20H16F3N5O2/c21-20(22,23)15-9-14(6-7-17(15)28-12-24-11-25-28)26-18(29)10-27-16-4-2-1-3-13(16)5-8-19(27)30/h1-4,6-7,9,11-12H,5,8,10H2,(H,26,29). The number of aromatic nitrogens is 3. The first kappa shape index (κ1) is 19.6. The average molecular weight is 415 g/mol. The molecule has 154 valence electrons. The van der Waals surface area contributed by atoms with Crippen LogP contribution < -0.4 is 10.2 Å². The molecule has 1 aliphatic heterocycles. The summed E-state index contributed by atoms with van der Waals surface area (Å²) in [6.07, 6.45) is -1.52. The molecule has 0 aliphatic carbocycles. The van der Waals surface area contributed by atoms with E-state index in [1.165, 1.54) is 17.0 Å². The molecule has 0 atom stereocenters. The number of benzene rings is 2. The maximum Gasteiger partial charge on any atom is 0.418 e. The molecule has 3 aromatic rings. The van der Waals surface area contributed by atoms with Gasteiger partial charge in [0, 0.05) is 17.8 Å². The van der Waals surface area contributed by atoms with Crippen LogP contribution in [-0.2, 0) is 22.2 Å². The monoisotopic (exact) mass is 415 g/mol. The summed E-state index contributed by atoms with van der Waals surface area (Å²) in [7, 11) is 0. The quantitative estimate of drug-likeness (QED) is 0.710. The number of fused-ring (bicyclic) bond motifs is 1. The van der Waals surface area contributed by atoms with Crippen molar-refractivity contribution in [1.82, 2.24) is 14.8 Å². The maximum atomic E-state index is 13.5. The van der Waals surface area contributed by atoms with E-state index in [9.17, 15) is 22.8 Å². The van der Waals surface area contributed by atoms with Crippen LogP contribution in [0.2, 0.25) is 0 Å². The summed E-state index contributed by atoms with van der Waals surface area (Å²) in [4.78, 5) is 29.8. The number of halogens is 3. The third kappa shape index (κ3) is 3.88. The van der Waals surface area contributed by atoms with E-state index in [4.69, 9.17) is 0 Å². The summed E-state index contributed by atoms with van der Waals surface area (Å²) >= 11 is 0. The normalized spacial score (nSPS) is 13.8. The van der Waals surface area contributed by atoms with Gasteiger partial charge in [-0.05, 0) is 36.2 Å². The van der Waals surface area contributed by atoms with Crippen LogP contribution in [0.3, 0.4) is 0 Å². The SMILES string of the molecule is O=C(CN1C(=O)CCc2ccccc21)Nc1ccc(-n2cncn2)c(C(F)(F)F)c1. The largest absolute Gasteiger partial charge is 0.418 e. The van der Waals surface area contributed by atoms with E-state index in [2.05, 4.69) is 15.4 Å². The van der Waals surface area contributed by atoms with Crippen LogP contribution >= 0.6 is 0 Å². The number of hydrogen-bond donors (Lipinski definition) is 1. The van der Waals surface area contributed by atoms with E-state index in [1.807, 2.05) is 12.1 Å². The summed E-state index contributed by atoms with van der Waals surface area (Å²) in [6, 6.07) is 10.6. The highest BCUT2D eigenvalue weighted by Crippen LogP contribution is 2.35. The second-order valence-electron chi connectivity index (χ2n) is 6.73. The van der Waals surface area contributed by atoms with Crippen LogP contribution in [0, 0.1) is 0 Å². The van der Waals surface area contributed by atoms with E-state index in [1.54, 1.807) is 12.1 Å². The predicted molar refractivity (Wildman–Crippen MR) is 102 cm³/mol. The molecule has 4 rings (SSSR count). The molecule has 0 unspecified atom stereocenters. The topological polar surface area (TPSA) is 80.1 Å². The van der Waals surface area contributed by atoms with Gasteiger partial charge < -0.3 is 10.2 Å². The summed E-state index contributed by atoms with van der Waals surface area (Å²) < 4.78 is 41.6. The van der Waals surface area contributed by atoms with Gasteiger partial charge in [0.15, 0.2) is 0 Å². The first-order valence-electron chi connectivity index (χ1n) is 9.07. The molecule has 0 saturated carbocycles. The Labute approximate surface area is 169 Å². The van der Waals surface area contributed by atoms with E-state index < -0.39 is 17.6 Å². The van der Waals surface area contributed by atoms with Crippen LogP contribution in [0.25, 0.3) is 5.69 Å².